The van der Waals surface area contributed by atoms with E-state index in [-0.39, 0.29) is 47.9 Å². The number of piperidine rings is 1. The molecule has 0 radical (unpaired) electrons. The SMILES string of the molecule is CCNC(=NCC1(CO)CCOCC1)NC1CCC(=O)NC1.I. The maximum Gasteiger partial charge on any atom is 0.220 e. The van der Waals surface area contributed by atoms with Crippen LogP contribution in [0.3, 0.4) is 0 Å². The number of aliphatic hydroxyl groups excluding tert-OH is 1. The smallest absolute Gasteiger partial charge is 0.220 e. The van der Waals surface area contributed by atoms with Crippen LogP contribution in [-0.2, 0) is 9.53 Å². The van der Waals surface area contributed by atoms with Gasteiger partial charge in [-0.15, -0.1) is 24.0 Å². The molecule has 7 nitrogen and oxygen atoms in total. The van der Waals surface area contributed by atoms with Crippen LogP contribution in [0.1, 0.15) is 32.6 Å². The topological polar surface area (TPSA) is 95.0 Å². The number of aliphatic imine (C=N–C) groups is 1. The van der Waals surface area contributed by atoms with Crippen LogP contribution in [0.5, 0.6) is 0 Å². The van der Waals surface area contributed by atoms with Gasteiger partial charge in [-0.2, -0.15) is 0 Å². The van der Waals surface area contributed by atoms with Crippen LogP contribution in [0, 0.1) is 5.41 Å². The zero-order chi connectivity index (χ0) is 15.8. The highest BCUT2D eigenvalue weighted by Gasteiger charge is 2.32. The molecule has 1 unspecified atom stereocenters. The normalized spacial score (nSPS) is 24.3. The molecule has 2 aliphatic heterocycles. The lowest BCUT2D eigenvalue weighted by Gasteiger charge is -2.34. The Hall–Kier alpha value is -0.610. The van der Waals surface area contributed by atoms with Crippen LogP contribution < -0.4 is 16.0 Å². The van der Waals surface area contributed by atoms with E-state index in [4.69, 9.17) is 4.74 Å². The molecule has 1 atom stereocenters. The fourth-order valence-corrected chi connectivity index (χ4v) is 2.79. The summed E-state index contributed by atoms with van der Waals surface area (Å²) in [6, 6.07) is 0.204. The lowest BCUT2D eigenvalue weighted by atomic mass is 9.81. The third-order valence-corrected chi connectivity index (χ3v) is 4.41. The minimum absolute atomic E-state index is 0. The second kappa shape index (κ2) is 10.3. The number of nitrogens with one attached hydrogen (secondary N) is 3. The molecular formula is C15H29IN4O3. The van der Waals surface area contributed by atoms with Gasteiger partial charge >= 0.3 is 0 Å². The average Bonchev–Trinajstić information content (AvgIpc) is 2.56. The van der Waals surface area contributed by atoms with Crippen molar-refractivity contribution in [1.82, 2.24) is 16.0 Å². The molecule has 134 valence electrons. The summed E-state index contributed by atoms with van der Waals surface area (Å²) >= 11 is 0. The Morgan fingerprint density at radius 1 is 1.48 bits per heavy atom. The van der Waals surface area contributed by atoms with Crippen molar-refractivity contribution in [3.63, 3.8) is 0 Å². The van der Waals surface area contributed by atoms with Crippen molar-refractivity contribution in [2.24, 2.45) is 10.4 Å². The molecule has 1 amide bonds. The van der Waals surface area contributed by atoms with Crippen molar-refractivity contribution in [3.05, 3.63) is 0 Å². The van der Waals surface area contributed by atoms with Crippen molar-refractivity contribution in [3.8, 4) is 0 Å². The van der Waals surface area contributed by atoms with Gasteiger partial charge in [0.05, 0.1) is 13.2 Å². The molecule has 2 fully saturated rings. The van der Waals surface area contributed by atoms with Gasteiger partial charge in [-0.1, -0.05) is 0 Å². The summed E-state index contributed by atoms with van der Waals surface area (Å²) in [5, 5.41) is 19.2. The maximum atomic E-state index is 11.2. The highest BCUT2D eigenvalue weighted by atomic mass is 127. The summed E-state index contributed by atoms with van der Waals surface area (Å²) in [5.41, 5.74) is -0.165. The molecule has 0 saturated carbocycles. The van der Waals surface area contributed by atoms with Crippen LogP contribution in [0.4, 0.5) is 0 Å². The fraction of sp³-hybridized carbons (Fsp3) is 0.867. The summed E-state index contributed by atoms with van der Waals surface area (Å²) in [7, 11) is 0. The Labute approximate surface area is 155 Å². The number of nitrogens with zero attached hydrogens (tertiary/aromatic N) is 1. The van der Waals surface area contributed by atoms with Crippen LogP contribution in [0.2, 0.25) is 0 Å². The van der Waals surface area contributed by atoms with Crippen molar-refractivity contribution in [1.29, 1.82) is 0 Å². The average molecular weight is 440 g/mol. The minimum atomic E-state index is -0.165. The second-order valence-electron chi connectivity index (χ2n) is 6.15. The predicted molar refractivity (Wildman–Crippen MR) is 100 cm³/mol. The molecule has 23 heavy (non-hydrogen) atoms. The number of carbonyl (C=O) groups excluding carboxylic acids is 1. The number of guanidine groups is 1. The van der Waals surface area contributed by atoms with Gasteiger partial charge in [0.1, 0.15) is 0 Å². The van der Waals surface area contributed by atoms with E-state index in [0.29, 0.717) is 32.7 Å². The van der Waals surface area contributed by atoms with E-state index in [9.17, 15) is 9.90 Å². The zero-order valence-electron chi connectivity index (χ0n) is 13.8. The highest BCUT2D eigenvalue weighted by Crippen LogP contribution is 2.30. The van der Waals surface area contributed by atoms with E-state index >= 15 is 0 Å². The van der Waals surface area contributed by atoms with E-state index in [1.54, 1.807) is 0 Å². The van der Waals surface area contributed by atoms with Gasteiger partial charge in [0.25, 0.3) is 0 Å². The van der Waals surface area contributed by atoms with Crippen molar-refractivity contribution < 1.29 is 14.6 Å². The fourth-order valence-electron chi connectivity index (χ4n) is 2.79. The first kappa shape index (κ1) is 20.4. The molecule has 0 bridgehead atoms. The van der Waals surface area contributed by atoms with E-state index < -0.39 is 0 Å². The maximum absolute atomic E-state index is 11.2. The molecule has 4 N–H and O–H groups in total. The first-order valence-electron chi connectivity index (χ1n) is 8.17. The van der Waals surface area contributed by atoms with E-state index in [2.05, 4.69) is 20.9 Å². The molecule has 2 rings (SSSR count). The molecular weight excluding hydrogens is 411 g/mol. The lowest BCUT2D eigenvalue weighted by molar-refractivity contribution is -0.122. The number of aliphatic hydroxyl groups is 1. The molecule has 0 aliphatic carbocycles. The zero-order valence-corrected chi connectivity index (χ0v) is 16.1. The number of hydrogen-bond donors (Lipinski definition) is 4. The standard InChI is InChI=1S/C15H28N4O3.HI/c1-2-16-14(19-12-3-4-13(21)17-9-12)18-10-15(11-20)5-7-22-8-6-15;/h12,20H,2-11H2,1H3,(H,17,21)(H2,16,18,19);1H. The van der Waals surface area contributed by atoms with Crippen LogP contribution in [0.25, 0.3) is 0 Å². The van der Waals surface area contributed by atoms with E-state index in [1.807, 2.05) is 6.92 Å². The molecule has 2 aliphatic rings. The van der Waals surface area contributed by atoms with Gasteiger partial charge in [0.2, 0.25) is 5.91 Å². The third-order valence-electron chi connectivity index (χ3n) is 4.41. The predicted octanol–water partition coefficient (Wildman–Crippen LogP) is 0.227. The summed E-state index contributed by atoms with van der Waals surface area (Å²) in [6.07, 6.45) is 3.04. The first-order chi connectivity index (χ1) is 10.7. The van der Waals surface area contributed by atoms with E-state index in [1.165, 1.54) is 0 Å². The van der Waals surface area contributed by atoms with Gasteiger partial charge in [-0.3, -0.25) is 9.79 Å². The second-order valence-corrected chi connectivity index (χ2v) is 6.15. The van der Waals surface area contributed by atoms with Crippen molar-refractivity contribution >= 4 is 35.8 Å². The van der Waals surface area contributed by atoms with Gasteiger partial charge in [0, 0.05) is 44.2 Å². The van der Waals surface area contributed by atoms with Crippen LogP contribution in [-0.4, -0.2) is 62.5 Å². The van der Waals surface area contributed by atoms with Gasteiger partial charge in [0.15, 0.2) is 5.96 Å². The number of amides is 1. The Kier molecular flexibility index (Phi) is 9.15. The first-order valence-corrected chi connectivity index (χ1v) is 8.17. The molecule has 0 aromatic rings. The number of halogens is 1. The quantitative estimate of drug-likeness (QED) is 0.279. The number of hydrogen-bond acceptors (Lipinski definition) is 4. The molecule has 0 aromatic carbocycles. The van der Waals surface area contributed by atoms with Crippen molar-refractivity contribution in [2.75, 3.05) is 39.5 Å². The molecule has 2 saturated heterocycles. The van der Waals surface area contributed by atoms with Crippen molar-refractivity contribution in [2.45, 2.75) is 38.6 Å². The molecule has 2 heterocycles. The summed E-state index contributed by atoms with van der Waals surface area (Å²) in [5.74, 6) is 0.865. The Bertz CT molecular complexity index is 390. The molecule has 0 aromatic heterocycles. The largest absolute Gasteiger partial charge is 0.396 e. The summed E-state index contributed by atoms with van der Waals surface area (Å²) in [6.45, 7) is 5.53. The third kappa shape index (κ3) is 6.42. The molecule has 0 spiro atoms. The Morgan fingerprint density at radius 2 is 2.22 bits per heavy atom. The molecule has 8 heteroatoms. The minimum Gasteiger partial charge on any atom is -0.396 e. The van der Waals surface area contributed by atoms with Crippen LogP contribution >= 0.6 is 24.0 Å². The highest BCUT2D eigenvalue weighted by molar-refractivity contribution is 14.0. The summed E-state index contributed by atoms with van der Waals surface area (Å²) < 4.78 is 5.38. The van der Waals surface area contributed by atoms with Gasteiger partial charge in [-0.25, -0.2) is 0 Å². The number of carbonyl (C=O) groups is 1. The number of rotatable bonds is 5. The number of ether oxygens (including phenoxy) is 1. The van der Waals surface area contributed by atoms with Gasteiger partial charge in [-0.05, 0) is 26.2 Å². The monoisotopic (exact) mass is 440 g/mol. The lowest BCUT2D eigenvalue weighted by Crippen LogP contribution is -2.51. The Morgan fingerprint density at radius 3 is 2.78 bits per heavy atom. The Balaban J connectivity index is 0.00000264. The van der Waals surface area contributed by atoms with Gasteiger partial charge < -0.3 is 25.8 Å². The van der Waals surface area contributed by atoms with Crippen LogP contribution in [0.15, 0.2) is 4.99 Å². The van der Waals surface area contributed by atoms with E-state index in [0.717, 1.165) is 31.8 Å². The summed E-state index contributed by atoms with van der Waals surface area (Å²) in [4.78, 5) is 15.9.